The predicted molar refractivity (Wildman–Crippen MR) is 78.9 cm³/mol. The van der Waals surface area contributed by atoms with Crippen molar-refractivity contribution in [3.8, 4) is 0 Å². The Kier molecular flexibility index (Phi) is 4.89. The number of nitro benzene ring substituents is 1. The maximum atomic E-state index is 10.6. The van der Waals surface area contributed by atoms with Crippen molar-refractivity contribution in [1.29, 1.82) is 0 Å². The number of halogens is 1. The van der Waals surface area contributed by atoms with Gasteiger partial charge in [-0.3, -0.25) is 10.1 Å². The van der Waals surface area contributed by atoms with Crippen LogP contribution in [-0.4, -0.2) is 4.92 Å². The van der Waals surface area contributed by atoms with Crippen molar-refractivity contribution >= 4 is 27.2 Å². The van der Waals surface area contributed by atoms with Gasteiger partial charge in [0.15, 0.2) is 0 Å². The molecule has 2 aromatic carbocycles. The van der Waals surface area contributed by atoms with Crippen LogP contribution in [-0.2, 0) is 13.5 Å². The van der Waals surface area contributed by atoms with Crippen molar-refractivity contribution in [2.24, 2.45) is 7.05 Å². The summed E-state index contributed by atoms with van der Waals surface area (Å²) in [6.45, 7) is 0. The molecular weight excluding hydrogens is 399 g/mol. The smallest absolute Gasteiger partial charge is 0.269 e. The third-order valence-electron chi connectivity index (χ3n) is 3.33. The number of hydrogen-bond donors (Lipinski definition) is 0. The Morgan fingerprint density at radius 3 is 2.43 bits per heavy atom. The second kappa shape index (κ2) is 6.48. The molecule has 0 saturated heterocycles. The van der Waals surface area contributed by atoms with Gasteiger partial charge in [-0.15, -0.1) is 0 Å². The number of rotatable bonds is 3. The minimum Gasteiger partial charge on any atom is -1.00 e. The third kappa shape index (κ3) is 3.21. The largest absolute Gasteiger partial charge is 1.00 e. The topological polar surface area (TPSA) is 47.0 Å². The molecular formula is C15H13IN2O2S. The summed E-state index contributed by atoms with van der Waals surface area (Å²) >= 11 is 1.76. The Labute approximate surface area is 143 Å². The summed E-state index contributed by atoms with van der Waals surface area (Å²) in [6, 6.07) is 15.0. The van der Waals surface area contributed by atoms with Crippen molar-refractivity contribution in [2.75, 3.05) is 0 Å². The second-order valence-corrected chi connectivity index (χ2v) is 5.74. The molecule has 1 heterocycles. The third-order valence-corrected chi connectivity index (χ3v) is 4.55. The molecule has 0 aliphatic carbocycles. The van der Waals surface area contributed by atoms with Crippen molar-refractivity contribution in [1.82, 2.24) is 0 Å². The number of hydrogen-bond acceptors (Lipinski definition) is 3. The van der Waals surface area contributed by atoms with E-state index in [0.717, 1.165) is 12.0 Å². The predicted octanol–water partition coefficient (Wildman–Crippen LogP) is 0.229. The Morgan fingerprint density at radius 1 is 1.14 bits per heavy atom. The van der Waals surface area contributed by atoms with Gasteiger partial charge in [-0.05, 0) is 11.6 Å². The van der Waals surface area contributed by atoms with Gasteiger partial charge in [0, 0.05) is 18.2 Å². The summed E-state index contributed by atoms with van der Waals surface area (Å²) < 4.78 is 3.44. The number of nitro groups is 1. The lowest BCUT2D eigenvalue weighted by atomic mass is 10.1. The van der Waals surface area contributed by atoms with E-state index < -0.39 is 0 Å². The van der Waals surface area contributed by atoms with E-state index in [2.05, 4.69) is 23.7 Å². The molecule has 0 bridgehead atoms. The Morgan fingerprint density at radius 2 is 1.81 bits per heavy atom. The molecule has 0 unspecified atom stereocenters. The molecule has 0 radical (unpaired) electrons. The van der Waals surface area contributed by atoms with Gasteiger partial charge in [-0.2, -0.15) is 4.57 Å². The van der Waals surface area contributed by atoms with Crippen LogP contribution in [0.25, 0.3) is 10.2 Å². The summed E-state index contributed by atoms with van der Waals surface area (Å²) in [4.78, 5) is 10.3. The highest BCUT2D eigenvalue weighted by Crippen LogP contribution is 2.22. The van der Waals surface area contributed by atoms with Crippen molar-refractivity contribution < 1.29 is 33.5 Å². The van der Waals surface area contributed by atoms with Gasteiger partial charge < -0.3 is 24.0 Å². The molecule has 0 atom stereocenters. The van der Waals surface area contributed by atoms with Gasteiger partial charge >= 0.3 is 0 Å². The van der Waals surface area contributed by atoms with E-state index in [4.69, 9.17) is 0 Å². The van der Waals surface area contributed by atoms with E-state index in [1.54, 1.807) is 23.5 Å². The van der Waals surface area contributed by atoms with Crippen LogP contribution in [0.1, 0.15) is 10.6 Å². The van der Waals surface area contributed by atoms with E-state index in [1.165, 1.54) is 15.2 Å². The van der Waals surface area contributed by atoms with Crippen molar-refractivity contribution in [3.63, 3.8) is 0 Å². The highest BCUT2D eigenvalue weighted by Gasteiger charge is 2.16. The molecule has 0 aliphatic heterocycles. The minimum atomic E-state index is -0.372. The molecule has 4 nitrogen and oxygen atoms in total. The molecule has 0 N–H and O–H groups in total. The lowest BCUT2D eigenvalue weighted by Gasteiger charge is -1.97. The standard InChI is InChI=1S/C15H13N2O2S.HI/c1-16-13-4-2-3-5-14(13)20-15(16)10-11-6-8-12(9-7-11)17(18)19;/h2-9H,10H2,1H3;1H/q+1;/p-1. The molecule has 21 heavy (non-hydrogen) atoms. The van der Waals surface area contributed by atoms with Crippen molar-refractivity contribution in [2.45, 2.75) is 6.42 Å². The maximum absolute atomic E-state index is 10.6. The first-order valence-electron chi connectivity index (χ1n) is 6.25. The SMILES string of the molecule is C[n+]1c(Cc2ccc([N+](=O)[O-])cc2)sc2ccccc21.[I-]. The first-order chi connectivity index (χ1) is 9.65. The molecule has 3 rings (SSSR count). The van der Waals surface area contributed by atoms with E-state index in [9.17, 15) is 10.1 Å². The first-order valence-corrected chi connectivity index (χ1v) is 7.06. The molecule has 0 spiro atoms. The van der Waals surface area contributed by atoms with E-state index in [0.29, 0.717) is 0 Å². The van der Waals surface area contributed by atoms with Crippen molar-refractivity contribution in [3.05, 3.63) is 69.2 Å². The van der Waals surface area contributed by atoms with Gasteiger partial charge in [0.25, 0.3) is 5.69 Å². The molecule has 0 fully saturated rings. The van der Waals surface area contributed by atoms with Gasteiger partial charge in [0.1, 0.15) is 11.7 Å². The number of non-ortho nitro benzene ring substituents is 1. The van der Waals surface area contributed by atoms with Crippen LogP contribution in [0.15, 0.2) is 48.5 Å². The number of para-hydroxylation sites is 1. The van der Waals surface area contributed by atoms with Gasteiger partial charge in [0.2, 0.25) is 10.5 Å². The summed E-state index contributed by atoms with van der Waals surface area (Å²) in [6.07, 6.45) is 0.786. The zero-order valence-corrected chi connectivity index (χ0v) is 14.3. The van der Waals surface area contributed by atoms with Crippen LogP contribution in [0.5, 0.6) is 0 Å². The quantitative estimate of drug-likeness (QED) is 0.268. The normalized spacial score (nSPS) is 10.3. The van der Waals surface area contributed by atoms with Crippen LogP contribution >= 0.6 is 11.3 Å². The maximum Gasteiger partial charge on any atom is 0.269 e. The Bertz CT molecular complexity index is 784. The second-order valence-electron chi connectivity index (χ2n) is 4.62. The number of fused-ring (bicyclic) bond motifs is 1. The monoisotopic (exact) mass is 412 g/mol. The molecule has 0 aliphatic rings. The van der Waals surface area contributed by atoms with Gasteiger partial charge in [-0.1, -0.05) is 35.6 Å². The van der Waals surface area contributed by atoms with Crippen LogP contribution < -0.4 is 28.5 Å². The summed E-state index contributed by atoms with van der Waals surface area (Å²) in [5.74, 6) is 0. The number of aryl methyl sites for hydroxylation is 1. The lowest BCUT2D eigenvalue weighted by molar-refractivity contribution is -0.647. The molecule has 1 aromatic heterocycles. The highest BCUT2D eigenvalue weighted by molar-refractivity contribution is 7.18. The molecule has 0 saturated carbocycles. The van der Waals surface area contributed by atoms with E-state index in [1.807, 2.05) is 24.3 Å². The Hall–Kier alpha value is -1.54. The summed E-state index contributed by atoms with van der Waals surface area (Å²) in [5.41, 5.74) is 2.43. The number of aromatic nitrogens is 1. The average Bonchev–Trinajstić information content (AvgIpc) is 2.77. The van der Waals surface area contributed by atoms with Crippen LogP contribution in [0.2, 0.25) is 0 Å². The number of nitrogens with zero attached hydrogens (tertiary/aromatic N) is 2. The van der Waals surface area contributed by atoms with Crippen LogP contribution in [0.3, 0.4) is 0 Å². The molecule has 3 aromatic rings. The van der Waals surface area contributed by atoms with Crippen LogP contribution in [0.4, 0.5) is 5.69 Å². The first kappa shape index (κ1) is 15.8. The fraction of sp³-hybridized carbons (Fsp3) is 0.133. The zero-order valence-electron chi connectivity index (χ0n) is 11.3. The van der Waals surface area contributed by atoms with Gasteiger partial charge in [-0.25, -0.2) is 0 Å². The summed E-state index contributed by atoms with van der Waals surface area (Å²) in [5, 5.41) is 11.9. The van der Waals surface area contributed by atoms with E-state index in [-0.39, 0.29) is 34.6 Å². The Balaban J connectivity index is 0.00000161. The molecule has 108 valence electrons. The fourth-order valence-electron chi connectivity index (χ4n) is 2.22. The summed E-state index contributed by atoms with van der Waals surface area (Å²) in [7, 11) is 2.06. The van der Waals surface area contributed by atoms with Gasteiger partial charge in [0.05, 0.1) is 11.3 Å². The van der Waals surface area contributed by atoms with E-state index >= 15 is 0 Å². The highest BCUT2D eigenvalue weighted by atomic mass is 127. The van der Waals surface area contributed by atoms with Crippen LogP contribution in [0, 0.1) is 10.1 Å². The number of benzene rings is 2. The average molecular weight is 412 g/mol. The zero-order chi connectivity index (χ0) is 14.1. The lowest BCUT2D eigenvalue weighted by Crippen LogP contribution is -3.00. The minimum absolute atomic E-state index is 0. The number of thiazole rings is 1. The molecule has 0 amide bonds. The fourth-order valence-corrected chi connectivity index (χ4v) is 3.40. The molecule has 6 heteroatoms.